The van der Waals surface area contributed by atoms with Crippen molar-refractivity contribution >= 4 is 11.8 Å². The second-order valence-electron chi connectivity index (χ2n) is 9.29. The van der Waals surface area contributed by atoms with E-state index in [0.717, 1.165) is 18.7 Å². The topological polar surface area (TPSA) is 70.7 Å². The smallest absolute Gasteiger partial charge is 0.252 e. The lowest BCUT2D eigenvalue weighted by Crippen LogP contribution is -2.50. The summed E-state index contributed by atoms with van der Waals surface area (Å²) in [5, 5.41) is 6.11. The summed E-state index contributed by atoms with van der Waals surface area (Å²) in [6, 6.07) is 15.4. The van der Waals surface area contributed by atoms with E-state index in [1.807, 2.05) is 25.1 Å². The maximum Gasteiger partial charge on any atom is 0.252 e. The third-order valence-electron chi connectivity index (χ3n) is 6.10. The molecule has 6 heteroatoms. The van der Waals surface area contributed by atoms with Crippen molar-refractivity contribution in [1.82, 2.24) is 15.5 Å². The monoisotopic (exact) mass is 451 g/mol. The molecule has 2 unspecified atom stereocenters. The normalized spacial score (nSPS) is 16.3. The van der Waals surface area contributed by atoms with Crippen molar-refractivity contribution in [3.8, 4) is 0 Å². The summed E-state index contributed by atoms with van der Waals surface area (Å²) in [6.45, 7) is 11.6. The number of hydrogen-bond acceptors (Lipinski definition) is 4. The molecule has 2 aromatic rings. The molecule has 2 aromatic carbocycles. The van der Waals surface area contributed by atoms with Crippen LogP contribution in [0.5, 0.6) is 0 Å². The highest BCUT2D eigenvalue weighted by Crippen LogP contribution is 2.22. The van der Waals surface area contributed by atoms with Gasteiger partial charge in [-0.15, -0.1) is 0 Å². The minimum absolute atomic E-state index is 0.0597. The quantitative estimate of drug-likeness (QED) is 0.611. The number of ether oxygens (including phenoxy) is 1. The van der Waals surface area contributed by atoms with Gasteiger partial charge in [0.1, 0.15) is 6.04 Å². The van der Waals surface area contributed by atoms with Crippen LogP contribution in [0.1, 0.15) is 53.4 Å². The maximum atomic E-state index is 13.2. The van der Waals surface area contributed by atoms with Crippen LogP contribution < -0.4 is 10.6 Å². The molecule has 0 aliphatic carbocycles. The largest absolute Gasteiger partial charge is 0.379 e. The molecule has 1 saturated heterocycles. The van der Waals surface area contributed by atoms with Crippen molar-refractivity contribution in [3.05, 3.63) is 70.8 Å². The van der Waals surface area contributed by atoms with E-state index in [1.165, 1.54) is 11.1 Å². The zero-order valence-corrected chi connectivity index (χ0v) is 20.3. The van der Waals surface area contributed by atoms with Crippen molar-refractivity contribution in [2.24, 2.45) is 5.92 Å². The molecular weight excluding hydrogens is 414 g/mol. The Bertz CT molecular complexity index is 938. The number of hydrogen-bond donors (Lipinski definition) is 2. The number of morpholine rings is 1. The number of nitrogens with one attached hydrogen (secondary N) is 2. The highest BCUT2D eigenvalue weighted by Gasteiger charge is 2.27. The van der Waals surface area contributed by atoms with Crippen molar-refractivity contribution in [2.75, 3.05) is 32.8 Å². The highest BCUT2D eigenvalue weighted by atomic mass is 16.5. The van der Waals surface area contributed by atoms with Gasteiger partial charge in [-0.3, -0.25) is 14.5 Å². The van der Waals surface area contributed by atoms with E-state index in [4.69, 9.17) is 4.74 Å². The molecule has 178 valence electrons. The van der Waals surface area contributed by atoms with Gasteiger partial charge in [-0.2, -0.15) is 0 Å². The lowest BCUT2D eigenvalue weighted by atomic mass is 10.0. The fourth-order valence-corrected chi connectivity index (χ4v) is 4.31. The molecule has 2 amide bonds. The van der Waals surface area contributed by atoms with E-state index in [9.17, 15) is 9.59 Å². The Labute approximate surface area is 197 Å². The molecule has 0 saturated carbocycles. The van der Waals surface area contributed by atoms with Gasteiger partial charge in [-0.1, -0.05) is 61.9 Å². The predicted molar refractivity (Wildman–Crippen MR) is 131 cm³/mol. The van der Waals surface area contributed by atoms with Crippen molar-refractivity contribution in [1.29, 1.82) is 0 Å². The molecule has 0 bridgehead atoms. The van der Waals surface area contributed by atoms with Gasteiger partial charge in [0.15, 0.2) is 0 Å². The summed E-state index contributed by atoms with van der Waals surface area (Å²) in [5.41, 5.74) is 3.87. The van der Waals surface area contributed by atoms with Crippen LogP contribution in [0.3, 0.4) is 0 Å². The van der Waals surface area contributed by atoms with E-state index in [-0.39, 0.29) is 23.8 Å². The number of benzene rings is 2. The van der Waals surface area contributed by atoms with Crippen LogP contribution in [0, 0.1) is 19.8 Å². The van der Waals surface area contributed by atoms with Gasteiger partial charge in [-0.25, -0.2) is 0 Å². The molecule has 2 atom stereocenters. The minimum Gasteiger partial charge on any atom is -0.379 e. The van der Waals surface area contributed by atoms with Crippen LogP contribution in [0.4, 0.5) is 0 Å². The molecule has 1 fully saturated rings. The summed E-state index contributed by atoms with van der Waals surface area (Å²) in [5.74, 6) is -0.0846. The highest BCUT2D eigenvalue weighted by molar-refractivity contribution is 5.98. The summed E-state index contributed by atoms with van der Waals surface area (Å²) in [6.07, 6.45) is 0.579. The Morgan fingerprint density at radius 3 is 2.42 bits per heavy atom. The van der Waals surface area contributed by atoms with E-state index in [1.54, 1.807) is 6.07 Å². The minimum atomic E-state index is -0.583. The van der Waals surface area contributed by atoms with E-state index >= 15 is 0 Å². The molecule has 0 spiro atoms. The number of rotatable bonds is 9. The first kappa shape index (κ1) is 24.9. The third kappa shape index (κ3) is 7.14. The van der Waals surface area contributed by atoms with Crippen molar-refractivity contribution in [2.45, 2.75) is 46.2 Å². The first-order valence-electron chi connectivity index (χ1n) is 11.9. The van der Waals surface area contributed by atoms with Gasteiger partial charge in [0, 0.05) is 25.2 Å². The van der Waals surface area contributed by atoms with Crippen LogP contribution in [-0.2, 0) is 9.53 Å². The molecule has 0 radical (unpaired) electrons. The zero-order chi connectivity index (χ0) is 23.8. The van der Waals surface area contributed by atoms with Crippen molar-refractivity contribution in [3.63, 3.8) is 0 Å². The molecule has 33 heavy (non-hydrogen) atoms. The molecular formula is C27H37N3O3. The Kier molecular flexibility index (Phi) is 9.03. The average molecular weight is 452 g/mol. The fraction of sp³-hybridized carbons (Fsp3) is 0.481. The molecule has 0 aromatic heterocycles. The van der Waals surface area contributed by atoms with Gasteiger partial charge in [0.05, 0.1) is 19.3 Å². The SMILES string of the molecule is Cc1cccc(C(CNC(=O)C(CC(C)C)NC(=O)c2ccccc2C)N2CCOCC2)c1. The lowest BCUT2D eigenvalue weighted by molar-refractivity contribution is -0.123. The summed E-state index contributed by atoms with van der Waals surface area (Å²) < 4.78 is 5.54. The van der Waals surface area contributed by atoms with Gasteiger partial charge < -0.3 is 15.4 Å². The predicted octanol–water partition coefficient (Wildman–Crippen LogP) is 3.64. The van der Waals surface area contributed by atoms with Crippen LogP contribution in [0.25, 0.3) is 0 Å². The number of amides is 2. The standard InChI is InChI=1S/C27H37N3O3/c1-19(2)16-24(29-26(31)23-11-6-5-9-21(23)4)27(32)28-18-25(30-12-14-33-15-13-30)22-10-7-8-20(3)17-22/h5-11,17,19,24-25H,12-16,18H2,1-4H3,(H,28,32)(H,29,31). The van der Waals surface area contributed by atoms with E-state index in [0.29, 0.717) is 31.7 Å². The van der Waals surface area contributed by atoms with Crippen LogP contribution in [0.2, 0.25) is 0 Å². The second kappa shape index (κ2) is 12.0. The Hall–Kier alpha value is -2.70. The molecule has 6 nitrogen and oxygen atoms in total. The van der Waals surface area contributed by atoms with Gasteiger partial charge in [-0.05, 0) is 43.4 Å². The van der Waals surface area contributed by atoms with Gasteiger partial charge >= 0.3 is 0 Å². The van der Waals surface area contributed by atoms with Crippen LogP contribution >= 0.6 is 0 Å². The first-order chi connectivity index (χ1) is 15.8. The number of nitrogens with zero attached hydrogens (tertiary/aromatic N) is 1. The van der Waals surface area contributed by atoms with Crippen molar-refractivity contribution < 1.29 is 14.3 Å². The first-order valence-corrected chi connectivity index (χ1v) is 11.9. The number of carbonyl (C=O) groups excluding carboxylic acids is 2. The third-order valence-corrected chi connectivity index (χ3v) is 6.10. The molecule has 1 aliphatic rings. The lowest BCUT2D eigenvalue weighted by Gasteiger charge is -2.35. The fourth-order valence-electron chi connectivity index (χ4n) is 4.31. The summed E-state index contributed by atoms with van der Waals surface area (Å²) in [7, 11) is 0. The Morgan fingerprint density at radius 2 is 1.76 bits per heavy atom. The average Bonchev–Trinajstić information content (AvgIpc) is 2.79. The second-order valence-corrected chi connectivity index (χ2v) is 9.29. The number of carbonyl (C=O) groups is 2. The van der Waals surface area contributed by atoms with Crippen LogP contribution in [0.15, 0.2) is 48.5 Å². The van der Waals surface area contributed by atoms with Gasteiger partial charge in [0.25, 0.3) is 5.91 Å². The van der Waals surface area contributed by atoms with E-state index in [2.05, 4.69) is 60.6 Å². The number of aryl methyl sites for hydroxylation is 2. The Morgan fingerprint density at radius 1 is 1.03 bits per heavy atom. The van der Waals surface area contributed by atoms with Crippen LogP contribution in [-0.4, -0.2) is 55.6 Å². The molecule has 1 heterocycles. The van der Waals surface area contributed by atoms with Gasteiger partial charge in [0.2, 0.25) is 5.91 Å². The molecule has 3 rings (SSSR count). The zero-order valence-electron chi connectivity index (χ0n) is 20.3. The summed E-state index contributed by atoms with van der Waals surface area (Å²) >= 11 is 0. The Balaban J connectivity index is 1.72. The molecule has 1 aliphatic heterocycles. The molecule has 2 N–H and O–H groups in total. The summed E-state index contributed by atoms with van der Waals surface area (Å²) in [4.78, 5) is 28.5. The van der Waals surface area contributed by atoms with E-state index < -0.39 is 6.04 Å². The maximum absolute atomic E-state index is 13.2.